The van der Waals surface area contributed by atoms with Crippen molar-refractivity contribution in [3.8, 4) is 0 Å². The zero-order chi connectivity index (χ0) is 26.9. The summed E-state index contributed by atoms with van der Waals surface area (Å²) in [5.41, 5.74) is 1.12. The van der Waals surface area contributed by atoms with Gasteiger partial charge in [0, 0.05) is 34.9 Å². The van der Waals surface area contributed by atoms with Crippen molar-refractivity contribution in [1.82, 2.24) is 0 Å². The molecule has 1 spiro atoms. The molecular weight excluding hydrogens is 512 g/mol. The summed E-state index contributed by atoms with van der Waals surface area (Å²) in [5.74, 6) is -1.74. The van der Waals surface area contributed by atoms with Crippen molar-refractivity contribution < 1.29 is 19.3 Å². The van der Waals surface area contributed by atoms with E-state index in [1.54, 1.807) is 48.5 Å². The highest BCUT2D eigenvalue weighted by molar-refractivity contribution is 7.12. The molecule has 7 nitrogen and oxygen atoms in total. The highest BCUT2D eigenvalue weighted by Gasteiger charge is 2.71. The standard InChI is InChI=1S/C31H20N2O5S/c34-28(24-10-5-17-39-24)27-26(19-11-14-20(15-12-19)33(37)38)31(29(35)21-7-2-3-8-22(21)30(31)36)25-16-13-18-6-1-4-9-23(18)32(25)27/h1-17,25-27H/t25-,26+,27-/m0/s1. The Bertz CT molecular complexity index is 1690. The summed E-state index contributed by atoms with van der Waals surface area (Å²) < 4.78 is 0. The van der Waals surface area contributed by atoms with Crippen LogP contribution >= 0.6 is 11.3 Å². The summed E-state index contributed by atoms with van der Waals surface area (Å²) in [6.45, 7) is 0. The largest absolute Gasteiger partial charge is 0.352 e. The van der Waals surface area contributed by atoms with Crippen molar-refractivity contribution in [2.45, 2.75) is 18.0 Å². The van der Waals surface area contributed by atoms with E-state index in [1.165, 1.54) is 23.5 Å². The number of ketones is 3. The average molecular weight is 533 g/mol. The lowest BCUT2D eigenvalue weighted by atomic mass is 9.64. The smallest absolute Gasteiger partial charge is 0.269 e. The first-order valence-electron chi connectivity index (χ1n) is 12.5. The third-order valence-corrected chi connectivity index (χ3v) is 9.09. The number of nitro benzene ring substituents is 1. The number of nitrogens with zero attached hydrogens (tertiary/aromatic N) is 2. The molecule has 0 amide bonds. The molecule has 2 aliphatic heterocycles. The van der Waals surface area contributed by atoms with Crippen LogP contribution in [0, 0.1) is 15.5 Å². The van der Waals surface area contributed by atoms with Crippen molar-refractivity contribution in [3.05, 3.63) is 134 Å². The van der Waals surface area contributed by atoms with Gasteiger partial charge in [0.15, 0.2) is 17.3 Å². The number of anilines is 1. The summed E-state index contributed by atoms with van der Waals surface area (Å²) in [4.78, 5) is 56.8. The maximum Gasteiger partial charge on any atom is 0.269 e. The second-order valence-electron chi connectivity index (χ2n) is 9.96. The number of Topliss-reactive ketones (excluding diaryl/α,β-unsaturated/α-hetero) is 3. The minimum atomic E-state index is -1.62. The van der Waals surface area contributed by atoms with Gasteiger partial charge in [-0.3, -0.25) is 24.5 Å². The Morgan fingerprint density at radius 2 is 1.54 bits per heavy atom. The summed E-state index contributed by atoms with van der Waals surface area (Å²) in [5, 5.41) is 13.3. The number of hydrogen-bond acceptors (Lipinski definition) is 7. The molecule has 0 unspecified atom stereocenters. The maximum atomic E-state index is 14.5. The highest BCUT2D eigenvalue weighted by Crippen LogP contribution is 2.61. The zero-order valence-electron chi connectivity index (χ0n) is 20.4. The van der Waals surface area contributed by atoms with Crippen molar-refractivity contribution in [3.63, 3.8) is 0 Å². The monoisotopic (exact) mass is 532 g/mol. The van der Waals surface area contributed by atoms with E-state index in [4.69, 9.17) is 0 Å². The van der Waals surface area contributed by atoms with E-state index in [2.05, 4.69) is 0 Å². The topological polar surface area (TPSA) is 97.6 Å². The van der Waals surface area contributed by atoms with E-state index in [9.17, 15) is 24.5 Å². The van der Waals surface area contributed by atoms with E-state index < -0.39 is 28.3 Å². The summed E-state index contributed by atoms with van der Waals surface area (Å²) in [7, 11) is 0. The third kappa shape index (κ3) is 3.06. The van der Waals surface area contributed by atoms with Crippen LogP contribution in [0.25, 0.3) is 6.08 Å². The molecule has 1 aromatic heterocycles. The van der Waals surface area contributed by atoms with Crippen LogP contribution < -0.4 is 4.90 Å². The van der Waals surface area contributed by atoms with E-state index in [-0.39, 0.29) is 23.0 Å². The molecule has 39 heavy (non-hydrogen) atoms. The van der Waals surface area contributed by atoms with Gasteiger partial charge in [0.25, 0.3) is 5.69 Å². The third-order valence-electron chi connectivity index (χ3n) is 8.21. The van der Waals surface area contributed by atoms with Crippen LogP contribution in [0.5, 0.6) is 0 Å². The molecule has 3 aromatic carbocycles. The fourth-order valence-electron chi connectivity index (χ4n) is 6.66. The Labute approximate surface area is 227 Å². The molecule has 3 heterocycles. The number of hydrogen-bond donors (Lipinski definition) is 0. The molecule has 0 saturated carbocycles. The minimum absolute atomic E-state index is 0.109. The normalized spacial score (nSPS) is 22.1. The fraction of sp³-hybridized carbons (Fsp3) is 0.129. The lowest BCUT2D eigenvalue weighted by Gasteiger charge is -2.37. The van der Waals surface area contributed by atoms with Crippen LogP contribution in [0.3, 0.4) is 0 Å². The Kier molecular flexibility index (Phi) is 5.05. The van der Waals surface area contributed by atoms with Crippen LogP contribution in [0.4, 0.5) is 11.4 Å². The summed E-state index contributed by atoms with van der Waals surface area (Å²) in [6.07, 6.45) is 3.77. The van der Waals surface area contributed by atoms with Gasteiger partial charge < -0.3 is 4.90 Å². The van der Waals surface area contributed by atoms with Crippen molar-refractivity contribution >= 4 is 46.1 Å². The molecule has 7 rings (SSSR count). The van der Waals surface area contributed by atoms with E-state index in [1.807, 2.05) is 46.7 Å². The SMILES string of the molecule is O=C(c1cccs1)[C@@H]1[C@@H](c2ccc([N+](=O)[O-])cc2)C2(C(=O)c3ccccc3C2=O)[C@@H]2C=Cc3ccccc3N12. The predicted octanol–water partition coefficient (Wildman–Crippen LogP) is 5.97. The number of carbonyl (C=O) groups excluding carboxylic acids is 3. The van der Waals surface area contributed by atoms with E-state index >= 15 is 0 Å². The maximum absolute atomic E-state index is 14.5. The summed E-state index contributed by atoms with van der Waals surface area (Å²) in [6, 6.07) is 22.2. The second-order valence-corrected chi connectivity index (χ2v) is 10.9. The Hall–Kier alpha value is -4.69. The zero-order valence-corrected chi connectivity index (χ0v) is 21.2. The van der Waals surface area contributed by atoms with Gasteiger partial charge in [-0.15, -0.1) is 11.3 Å². The van der Waals surface area contributed by atoms with Gasteiger partial charge in [0.1, 0.15) is 11.5 Å². The van der Waals surface area contributed by atoms with Gasteiger partial charge in [0.2, 0.25) is 0 Å². The van der Waals surface area contributed by atoms with E-state index in [0.29, 0.717) is 21.6 Å². The molecule has 0 bridgehead atoms. The molecule has 8 heteroatoms. The lowest BCUT2D eigenvalue weighted by Crippen LogP contribution is -2.48. The van der Waals surface area contributed by atoms with Crippen molar-refractivity contribution in [1.29, 1.82) is 0 Å². The number of para-hydroxylation sites is 1. The molecule has 4 aromatic rings. The highest BCUT2D eigenvalue weighted by atomic mass is 32.1. The molecular formula is C31H20N2O5S. The van der Waals surface area contributed by atoms with Crippen molar-refractivity contribution in [2.75, 3.05) is 4.90 Å². The number of non-ortho nitro benzene ring substituents is 1. The molecule has 190 valence electrons. The van der Waals surface area contributed by atoms with Gasteiger partial charge >= 0.3 is 0 Å². The number of benzene rings is 3. The number of carbonyl (C=O) groups is 3. The van der Waals surface area contributed by atoms with E-state index in [0.717, 1.165) is 11.3 Å². The molecule has 1 fully saturated rings. The Morgan fingerprint density at radius 3 is 2.18 bits per heavy atom. The molecule has 1 saturated heterocycles. The summed E-state index contributed by atoms with van der Waals surface area (Å²) >= 11 is 1.31. The molecule has 3 atom stereocenters. The lowest BCUT2D eigenvalue weighted by molar-refractivity contribution is -0.384. The van der Waals surface area contributed by atoms with Gasteiger partial charge in [-0.2, -0.15) is 0 Å². The number of fused-ring (bicyclic) bond motifs is 5. The number of rotatable bonds is 4. The molecule has 0 radical (unpaired) electrons. The molecule has 1 aliphatic carbocycles. The fourth-order valence-corrected chi connectivity index (χ4v) is 7.36. The molecule has 0 N–H and O–H groups in total. The Balaban J connectivity index is 1.54. The van der Waals surface area contributed by atoms with Gasteiger partial charge in [-0.05, 0) is 28.6 Å². The van der Waals surface area contributed by atoms with Crippen LogP contribution in [-0.4, -0.2) is 34.4 Å². The first kappa shape index (κ1) is 23.4. The quantitative estimate of drug-likeness (QED) is 0.139. The van der Waals surface area contributed by atoms with Gasteiger partial charge in [-0.25, -0.2) is 0 Å². The van der Waals surface area contributed by atoms with Crippen molar-refractivity contribution in [2.24, 2.45) is 5.41 Å². The first-order chi connectivity index (χ1) is 18.9. The van der Waals surface area contributed by atoms with Crippen LogP contribution in [0.2, 0.25) is 0 Å². The number of thiophene rings is 1. The van der Waals surface area contributed by atoms with Crippen LogP contribution in [0.1, 0.15) is 47.4 Å². The van der Waals surface area contributed by atoms with Crippen LogP contribution in [-0.2, 0) is 0 Å². The minimum Gasteiger partial charge on any atom is -0.352 e. The number of nitro groups is 1. The first-order valence-corrected chi connectivity index (χ1v) is 13.4. The molecule has 3 aliphatic rings. The average Bonchev–Trinajstić information content (AvgIpc) is 3.66. The van der Waals surface area contributed by atoms with Gasteiger partial charge in [-0.1, -0.05) is 72.8 Å². The van der Waals surface area contributed by atoms with Crippen LogP contribution in [0.15, 0.2) is 96.4 Å². The Morgan fingerprint density at radius 1 is 0.872 bits per heavy atom. The second kappa shape index (κ2) is 8.41. The van der Waals surface area contributed by atoms with Gasteiger partial charge in [0.05, 0.1) is 15.8 Å². The predicted molar refractivity (Wildman–Crippen MR) is 148 cm³/mol.